The van der Waals surface area contributed by atoms with E-state index in [4.69, 9.17) is 0 Å². The maximum atomic E-state index is 12.0. The summed E-state index contributed by atoms with van der Waals surface area (Å²) < 4.78 is 28.4. The van der Waals surface area contributed by atoms with Gasteiger partial charge in [-0.05, 0) is 0 Å². The number of rotatable bonds is 0. The lowest BCUT2D eigenvalue weighted by Gasteiger charge is -2.21. The van der Waals surface area contributed by atoms with E-state index in [2.05, 4.69) is 10.1 Å². The van der Waals surface area contributed by atoms with Crippen LogP contribution < -0.4 is 5.32 Å². The highest BCUT2D eigenvalue weighted by atomic mass is 19.2. The van der Waals surface area contributed by atoms with Crippen LogP contribution in [0.4, 0.5) is 13.8 Å². The first-order chi connectivity index (χ1) is 6.68. The van der Waals surface area contributed by atoms with Crippen molar-refractivity contribution in [1.29, 1.82) is 0 Å². The van der Waals surface area contributed by atoms with Gasteiger partial charge in [0, 0.05) is 26.2 Å². The Bertz CT molecular complexity index is 168. The number of hydrogen-bond acceptors (Lipinski definition) is 4. The Kier molecular flexibility index (Phi) is 4.54. The molecule has 1 N–H and O–H groups in total. The zero-order valence-corrected chi connectivity index (χ0v) is 7.71. The predicted molar refractivity (Wildman–Crippen MR) is 44.7 cm³/mol. The van der Waals surface area contributed by atoms with E-state index >= 15 is 0 Å². The monoisotopic (exact) mass is 209 g/mol. The SMILES string of the molecule is FN1CCN(F)CC1.O=C1NCCO1. The van der Waals surface area contributed by atoms with Crippen LogP contribution in [-0.2, 0) is 4.74 Å². The van der Waals surface area contributed by atoms with Crippen LogP contribution >= 0.6 is 0 Å². The molecule has 0 atom stereocenters. The Morgan fingerprint density at radius 3 is 1.86 bits per heavy atom. The van der Waals surface area contributed by atoms with Crippen molar-refractivity contribution in [2.75, 3.05) is 39.3 Å². The van der Waals surface area contributed by atoms with Crippen LogP contribution in [-0.4, -0.2) is 55.7 Å². The van der Waals surface area contributed by atoms with E-state index in [1.165, 1.54) is 0 Å². The summed E-state index contributed by atoms with van der Waals surface area (Å²) in [6, 6.07) is 0. The quantitative estimate of drug-likeness (QED) is 0.575. The Hall–Kier alpha value is -0.950. The number of halogens is 2. The average Bonchev–Trinajstić information content (AvgIpc) is 2.63. The molecule has 14 heavy (non-hydrogen) atoms. The van der Waals surface area contributed by atoms with E-state index in [1.807, 2.05) is 0 Å². The minimum atomic E-state index is -0.296. The molecule has 0 aromatic carbocycles. The van der Waals surface area contributed by atoms with Crippen LogP contribution in [0.25, 0.3) is 0 Å². The molecular weight excluding hydrogens is 196 g/mol. The van der Waals surface area contributed by atoms with E-state index in [-0.39, 0.29) is 32.3 Å². The highest BCUT2D eigenvalue weighted by Gasteiger charge is 2.14. The van der Waals surface area contributed by atoms with Crippen molar-refractivity contribution in [2.45, 2.75) is 0 Å². The molecule has 0 unspecified atom stereocenters. The maximum absolute atomic E-state index is 12.0. The van der Waals surface area contributed by atoms with Crippen molar-refractivity contribution in [3.8, 4) is 0 Å². The van der Waals surface area contributed by atoms with Gasteiger partial charge < -0.3 is 10.1 Å². The van der Waals surface area contributed by atoms with E-state index in [0.717, 1.165) is 0 Å². The summed E-state index contributed by atoms with van der Waals surface area (Å²) in [4.78, 5) is 9.91. The Labute approximate surface area is 80.5 Å². The molecule has 82 valence electrons. The standard InChI is InChI=1S/C4H8F2N2.C3H5NO2/c5-7-1-2-8(6)4-3-7;5-3-4-1-2-6-3/h1-4H2;1-2H2,(H,4,5). The van der Waals surface area contributed by atoms with Crippen LogP contribution in [0.5, 0.6) is 0 Å². The van der Waals surface area contributed by atoms with Crippen LogP contribution in [0.3, 0.4) is 0 Å². The lowest BCUT2D eigenvalue weighted by molar-refractivity contribution is -0.0851. The zero-order chi connectivity index (χ0) is 10.4. The number of alkyl carbamates (subject to hydrolysis) is 1. The van der Waals surface area contributed by atoms with Crippen LogP contribution in [0, 0.1) is 0 Å². The molecule has 5 nitrogen and oxygen atoms in total. The Morgan fingerprint density at radius 2 is 1.64 bits per heavy atom. The fourth-order valence-corrected chi connectivity index (χ4v) is 1.01. The summed E-state index contributed by atoms with van der Waals surface area (Å²) in [5.41, 5.74) is 0. The summed E-state index contributed by atoms with van der Waals surface area (Å²) in [5.74, 6) is 0. The lowest BCUT2D eigenvalue weighted by Crippen LogP contribution is -2.38. The largest absolute Gasteiger partial charge is 0.448 e. The van der Waals surface area contributed by atoms with Gasteiger partial charge in [-0.2, -0.15) is 0 Å². The van der Waals surface area contributed by atoms with Gasteiger partial charge in [0.2, 0.25) is 0 Å². The molecule has 0 spiro atoms. The van der Waals surface area contributed by atoms with E-state index in [0.29, 0.717) is 23.4 Å². The van der Waals surface area contributed by atoms with Gasteiger partial charge >= 0.3 is 6.09 Å². The number of nitrogens with one attached hydrogen (secondary N) is 1. The van der Waals surface area contributed by atoms with Crippen LogP contribution in [0.1, 0.15) is 0 Å². The van der Waals surface area contributed by atoms with Gasteiger partial charge in [0.25, 0.3) is 0 Å². The third-order valence-electron chi connectivity index (χ3n) is 1.78. The first-order valence-electron chi connectivity index (χ1n) is 4.40. The molecule has 0 aromatic heterocycles. The first kappa shape index (κ1) is 11.1. The minimum absolute atomic E-state index is 0.191. The molecule has 0 aromatic rings. The van der Waals surface area contributed by atoms with Gasteiger partial charge in [0.15, 0.2) is 0 Å². The second-order valence-corrected chi connectivity index (χ2v) is 2.88. The maximum Gasteiger partial charge on any atom is 0.407 e. The molecule has 0 radical (unpaired) electrons. The Balaban J connectivity index is 0.000000146. The van der Waals surface area contributed by atoms with E-state index < -0.39 is 0 Å². The number of piperazine rings is 1. The van der Waals surface area contributed by atoms with Gasteiger partial charge in [-0.3, -0.25) is 0 Å². The highest BCUT2D eigenvalue weighted by molar-refractivity contribution is 5.68. The lowest BCUT2D eigenvalue weighted by atomic mass is 10.4. The number of amides is 1. The molecule has 2 rings (SSSR count). The third-order valence-corrected chi connectivity index (χ3v) is 1.78. The van der Waals surface area contributed by atoms with Crippen molar-refractivity contribution >= 4 is 6.09 Å². The molecule has 2 aliphatic rings. The molecule has 0 saturated carbocycles. The van der Waals surface area contributed by atoms with Crippen molar-refractivity contribution < 1.29 is 18.5 Å². The van der Waals surface area contributed by atoms with Gasteiger partial charge in [-0.15, -0.1) is 19.2 Å². The number of cyclic esters (lactones) is 1. The molecule has 0 bridgehead atoms. The van der Waals surface area contributed by atoms with Crippen LogP contribution in [0.15, 0.2) is 0 Å². The number of nitrogens with zero attached hydrogens (tertiary/aromatic N) is 2. The van der Waals surface area contributed by atoms with E-state index in [9.17, 15) is 13.8 Å². The van der Waals surface area contributed by atoms with Gasteiger partial charge in [0.05, 0.1) is 6.54 Å². The van der Waals surface area contributed by atoms with Crippen molar-refractivity contribution in [2.24, 2.45) is 0 Å². The summed E-state index contributed by atoms with van der Waals surface area (Å²) in [6.45, 7) is 1.96. The predicted octanol–water partition coefficient (Wildman–Crippen LogP) is 0.0992. The number of hydrogen-bond donors (Lipinski definition) is 1. The second-order valence-electron chi connectivity index (χ2n) is 2.88. The number of carbonyl (C=O) groups excluding carboxylic acids is 1. The summed E-state index contributed by atoms with van der Waals surface area (Å²) in [5, 5.41) is 3.70. The molecule has 2 fully saturated rings. The normalized spacial score (nSPS) is 23.4. The average molecular weight is 209 g/mol. The molecule has 7 heteroatoms. The van der Waals surface area contributed by atoms with Crippen molar-refractivity contribution in [1.82, 2.24) is 15.6 Å². The fourth-order valence-electron chi connectivity index (χ4n) is 1.01. The fraction of sp³-hybridized carbons (Fsp3) is 0.857. The first-order valence-corrected chi connectivity index (χ1v) is 4.40. The van der Waals surface area contributed by atoms with E-state index in [1.54, 1.807) is 0 Å². The van der Waals surface area contributed by atoms with Crippen molar-refractivity contribution in [3.63, 3.8) is 0 Å². The molecule has 2 heterocycles. The second kappa shape index (κ2) is 5.71. The zero-order valence-electron chi connectivity index (χ0n) is 7.71. The number of ether oxygens (including phenoxy) is 1. The molecule has 2 saturated heterocycles. The summed E-state index contributed by atoms with van der Waals surface area (Å²) >= 11 is 0. The third kappa shape index (κ3) is 4.33. The van der Waals surface area contributed by atoms with Gasteiger partial charge in [0.1, 0.15) is 6.61 Å². The van der Waals surface area contributed by atoms with Gasteiger partial charge in [-0.1, -0.05) is 0 Å². The topological polar surface area (TPSA) is 44.8 Å². The van der Waals surface area contributed by atoms with Gasteiger partial charge in [-0.25, -0.2) is 4.79 Å². The van der Waals surface area contributed by atoms with Crippen molar-refractivity contribution in [3.05, 3.63) is 0 Å². The Morgan fingerprint density at radius 1 is 1.14 bits per heavy atom. The molecule has 1 amide bonds. The molecular formula is C7H13F2N3O2. The highest BCUT2D eigenvalue weighted by Crippen LogP contribution is 2.00. The summed E-state index contributed by atoms with van der Waals surface area (Å²) in [6.07, 6.45) is -0.296. The minimum Gasteiger partial charge on any atom is -0.448 e. The summed E-state index contributed by atoms with van der Waals surface area (Å²) in [7, 11) is 0. The van der Waals surface area contributed by atoms with Crippen LogP contribution in [0.2, 0.25) is 0 Å². The smallest absolute Gasteiger partial charge is 0.407 e. The molecule has 2 aliphatic heterocycles. The number of carbonyl (C=O) groups is 1. The molecule has 0 aliphatic carbocycles.